The molecule has 0 saturated carbocycles. The molecule has 310 valence electrons. The van der Waals surface area contributed by atoms with Gasteiger partial charge in [-0.25, -0.2) is 4.79 Å². The van der Waals surface area contributed by atoms with Gasteiger partial charge in [-0.2, -0.15) is 0 Å². The van der Waals surface area contributed by atoms with Gasteiger partial charge in [0.05, 0.1) is 46.9 Å². The van der Waals surface area contributed by atoms with Gasteiger partial charge in [-0.05, 0) is 83.1 Å². The maximum atomic E-state index is 12.1. The third-order valence-electron chi connectivity index (χ3n) is 4.68. The number of hydrogen-bond donors (Lipinski definition) is 0. The predicted octanol–water partition coefficient (Wildman–Crippen LogP) is 5.49. The Hall–Kier alpha value is -3.64. The van der Waals surface area contributed by atoms with Crippen molar-refractivity contribution in [3.63, 3.8) is 0 Å². The average Bonchev–Trinajstić information content (AvgIpc) is 2.92. The topological polar surface area (TPSA) is 219 Å². The summed E-state index contributed by atoms with van der Waals surface area (Å²) in [5, 5.41) is 20.9. The minimum atomic E-state index is -1.84. The molecular weight excluding hydrogens is 699 g/mol. The Morgan fingerprint density at radius 1 is 0.585 bits per heavy atom. The van der Waals surface area contributed by atoms with Crippen LogP contribution in [-0.4, -0.2) is 116 Å². The van der Waals surface area contributed by atoms with Gasteiger partial charge in [0.1, 0.15) is 42.2 Å². The summed E-state index contributed by atoms with van der Waals surface area (Å²) >= 11 is 0. The van der Waals surface area contributed by atoms with Crippen molar-refractivity contribution in [2.24, 2.45) is 0 Å². The van der Waals surface area contributed by atoms with Crippen LogP contribution in [0, 0.1) is 20.2 Å². The van der Waals surface area contributed by atoms with E-state index in [1.54, 1.807) is 62.3 Å². The van der Waals surface area contributed by atoms with Gasteiger partial charge >= 0.3 is 23.9 Å². The molecule has 0 atom stereocenters. The molecule has 0 aliphatic rings. The second-order valence-electron chi connectivity index (χ2n) is 14.8. The lowest BCUT2D eigenvalue weighted by Crippen LogP contribution is -2.51. The van der Waals surface area contributed by atoms with E-state index in [0.29, 0.717) is 0 Å². The predicted molar refractivity (Wildman–Crippen MR) is 201 cm³/mol. The maximum absolute atomic E-state index is 12.1. The molecule has 0 aromatic rings. The Labute approximate surface area is 317 Å². The molecule has 0 saturated heterocycles. The molecule has 0 aliphatic heterocycles. The fraction of sp³-hybridized carbons (Fsp3) is 0.829. The minimum Gasteiger partial charge on any atom is -0.460 e. The highest BCUT2D eigenvalue weighted by Gasteiger charge is 2.45. The van der Waals surface area contributed by atoms with E-state index in [0.717, 1.165) is 13.1 Å². The summed E-state index contributed by atoms with van der Waals surface area (Å²) in [6, 6.07) is 0. The van der Waals surface area contributed by atoms with Gasteiger partial charge in [0.15, 0.2) is 7.05 Å². The second kappa shape index (κ2) is 28.8. The molecule has 53 heavy (non-hydrogen) atoms. The molecule has 0 aromatic carbocycles. The van der Waals surface area contributed by atoms with Crippen molar-refractivity contribution in [1.29, 1.82) is 0 Å². The van der Waals surface area contributed by atoms with Crippen molar-refractivity contribution in [2.45, 2.75) is 145 Å². The zero-order chi connectivity index (χ0) is 42.0. The smallest absolute Gasteiger partial charge is 0.330 e. The number of nitrogens with zero attached hydrogens (tertiary/aromatic N) is 2. The van der Waals surface area contributed by atoms with Crippen LogP contribution < -0.4 is 0 Å². The van der Waals surface area contributed by atoms with Gasteiger partial charge in [-0.3, -0.25) is 34.6 Å². The van der Waals surface area contributed by atoms with Crippen LogP contribution in [0.1, 0.15) is 110 Å². The van der Waals surface area contributed by atoms with Gasteiger partial charge in [0.2, 0.25) is 0 Å². The molecule has 0 spiro atoms. The number of hydrogen-bond acceptors (Lipinski definition) is 15. The maximum Gasteiger partial charge on any atom is 0.330 e. The van der Waals surface area contributed by atoms with Gasteiger partial charge in [-0.1, -0.05) is 20.8 Å². The minimum absolute atomic E-state index is 0. The van der Waals surface area contributed by atoms with E-state index < -0.39 is 75.5 Å². The van der Waals surface area contributed by atoms with Crippen molar-refractivity contribution in [2.75, 3.05) is 46.7 Å². The number of carbonyl (C=O) groups excluding carboxylic acids is 4. The van der Waals surface area contributed by atoms with E-state index in [1.165, 1.54) is 6.82 Å². The standard InChI is InChI=1S/C25H45NO11.C7H12O2.CH3B.CH3NO2.CH4/c1-22(2,3)35-19(27)10-13-32-16-25(26(30)31,17-33-14-11-20(28)36-23(4,5)6)18-34-15-12-21(29)37-24(7,8)9;1-5-6(8)9-7(2,3)4;1-2;1-2(3)4;/h10-18H2,1-9H3;5H,1H2,2-4H3;1H3;1H3;1H4. The normalized spacial score (nSPS) is 11.2. The Bertz CT molecular complexity index is 995. The van der Waals surface area contributed by atoms with Crippen LogP contribution in [0.5, 0.6) is 0 Å². The molecule has 0 aromatic heterocycles. The van der Waals surface area contributed by atoms with E-state index in [9.17, 15) is 29.3 Å². The summed E-state index contributed by atoms with van der Waals surface area (Å²) in [6.45, 7) is 24.2. The van der Waals surface area contributed by atoms with Crippen LogP contribution in [0.2, 0.25) is 6.82 Å². The van der Waals surface area contributed by atoms with Gasteiger partial charge < -0.3 is 33.2 Å². The molecule has 0 unspecified atom stereocenters. The Balaban J connectivity index is -0.000000402. The molecule has 18 heteroatoms. The van der Waals surface area contributed by atoms with Crippen LogP contribution in [-0.2, 0) is 52.3 Å². The van der Waals surface area contributed by atoms with Crippen LogP contribution in [0.3, 0.4) is 0 Å². The fourth-order valence-corrected chi connectivity index (χ4v) is 3.06. The summed E-state index contributed by atoms with van der Waals surface area (Å²) in [4.78, 5) is 65.9. The molecule has 0 N–H and O–H groups in total. The highest BCUT2D eigenvalue weighted by Crippen LogP contribution is 2.16. The van der Waals surface area contributed by atoms with Gasteiger partial charge in [0, 0.05) is 15.9 Å². The number of nitro groups is 2. The van der Waals surface area contributed by atoms with Crippen LogP contribution in [0.25, 0.3) is 0 Å². The molecule has 2 radical (unpaired) electrons. The van der Waals surface area contributed by atoms with E-state index in [1.807, 2.05) is 20.8 Å². The van der Waals surface area contributed by atoms with E-state index in [-0.39, 0.29) is 52.5 Å². The molecule has 0 rings (SSSR count). The zero-order valence-electron chi connectivity index (χ0n) is 33.7. The van der Waals surface area contributed by atoms with Crippen molar-refractivity contribution in [1.82, 2.24) is 0 Å². The average molecular weight is 767 g/mol. The second-order valence-corrected chi connectivity index (χ2v) is 14.8. The van der Waals surface area contributed by atoms with Crippen LogP contribution >= 0.6 is 0 Å². The molecule has 0 bridgehead atoms. The molecule has 17 nitrogen and oxygen atoms in total. The van der Waals surface area contributed by atoms with Gasteiger partial charge in [-0.15, -0.1) is 0 Å². The first-order valence-corrected chi connectivity index (χ1v) is 16.5. The summed E-state index contributed by atoms with van der Waals surface area (Å²) < 4.78 is 36.8. The SMILES string of the molecule is C.C=CC(=O)OC(C)(C)C.CC(C)(C)OC(=O)CCOCC(COCCC(=O)OC(C)(C)C)(COCCC(=O)OC(C)(C)C)[N+](=O)[O-].C[N+](=O)[O-].[B]C. The van der Waals surface area contributed by atoms with Crippen molar-refractivity contribution in [3.8, 4) is 0 Å². The summed E-state index contributed by atoms with van der Waals surface area (Å²) in [7, 11) is 5.39. The van der Waals surface area contributed by atoms with Crippen LogP contribution in [0.4, 0.5) is 0 Å². The zero-order valence-corrected chi connectivity index (χ0v) is 33.7. The summed E-state index contributed by atoms with van der Waals surface area (Å²) in [5.74, 6) is -1.87. The highest BCUT2D eigenvalue weighted by atomic mass is 16.6. The number of ether oxygens (including phenoxy) is 7. The Kier molecular flexibility index (Phi) is 31.9. The molecule has 0 aliphatic carbocycles. The number of rotatable bonds is 17. The third-order valence-corrected chi connectivity index (χ3v) is 4.68. The summed E-state index contributed by atoms with van der Waals surface area (Å²) in [6.07, 6.45) is 0.878. The lowest BCUT2D eigenvalue weighted by atomic mass is 10.0. The lowest BCUT2D eigenvalue weighted by Gasteiger charge is -2.25. The fourth-order valence-electron chi connectivity index (χ4n) is 3.06. The first-order chi connectivity index (χ1) is 23.4. The number of carbonyl (C=O) groups is 4. The van der Waals surface area contributed by atoms with Gasteiger partial charge in [0.25, 0.3) is 5.54 Å². The van der Waals surface area contributed by atoms with Crippen molar-refractivity contribution in [3.05, 3.63) is 32.9 Å². The van der Waals surface area contributed by atoms with E-state index in [4.69, 9.17) is 43.3 Å². The molecule has 0 amide bonds. The largest absolute Gasteiger partial charge is 0.460 e. The van der Waals surface area contributed by atoms with Crippen molar-refractivity contribution < 1.29 is 62.2 Å². The lowest BCUT2D eigenvalue weighted by molar-refractivity contribution is -0.583. The molecule has 0 fully saturated rings. The Morgan fingerprint density at radius 3 is 0.962 bits per heavy atom. The first-order valence-electron chi connectivity index (χ1n) is 16.5. The molecular formula is C35H67BN2O15. The van der Waals surface area contributed by atoms with E-state index >= 15 is 0 Å². The molecule has 0 heterocycles. The monoisotopic (exact) mass is 766 g/mol. The van der Waals surface area contributed by atoms with E-state index in [2.05, 4.69) is 14.4 Å². The first kappa shape index (κ1) is 58.7. The third kappa shape index (κ3) is 44.4. The van der Waals surface area contributed by atoms with Crippen molar-refractivity contribution >= 4 is 31.7 Å². The number of esters is 4. The summed E-state index contributed by atoms with van der Waals surface area (Å²) in [5.41, 5.74) is -4.22. The highest BCUT2D eigenvalue weighted by molar-refractivity contribution is 6.05. The van der Waals surface area contributed by atoms with Crippen LogP contribution in [0.15, 0.2) is 12.7 Å². The quantitative estimate of drug-likeness (QED) is 0.0340. The Morgan fingerprint density at radius 2 is 0.811 bits per heavy atom.